The number of aromatic nitrogens is 3. The zero-order chi connectivity index (χ0) is 21.8. The third-order valence-corrected chi connectivity index (χ3v) is 7.57. The van der Waals surface area contributed by atoms with Crippen molar-refractivity contribution in [1.82, 2.24) is 15.0 Å². The first kappa shape index (κ1) is 21.8. The van der Waals surface area contributed by atoms with Crippen LogP contribution in [0.2, 0.25) is 0 Å². The van der Waals surface area contributed by atoms with Crippen molar-refractivity contribution < 1.29 is 0 Å². The average molecular weight is 449 g/mol. The second-order valence-corrected chi connectivity index (χ2v) is 9.67. The van der Waals surface area contributed by atoms with Crippen molar-refractivity contribution in [3.8, 4) is 21.1 Å². The first-order chi connectivity index (χ1) is 15.1. The van der Waals surface area contributed by atoms with Gasteiger partial charge in [-0.15, -0.1) is 17.9 Å². The highest BCUT2D eigenvalue weighted by Crippen LogP contribution is 2.40. The van der Waals surface area contributed by atoms with Gasteiger partial charge in [0.15, 0.2) is 0 Å². The quantitative estimate of drug-likeness (QED) is 0.286. The van der Waals surface area contributed by atoms with E-state index in [1.54, 1.807) is 29.5 Å². The van der Waals surface area contributed by atoms with Gasteiger partial charge in [0.2, 0.25) is 0 Å². The Hall–Kier alpha value is -2.44. The molecule has 0 bridgehead atoms. The van der Waals surface area contributed by atoms with E-state index in [2.05, 4.69) is 60.2 Å². The van der Waals surface area contributed by atoms with Gasteiger partial charge >= 0.3 is 0 Å². The predicted octanol–water partition coefficient (Wildman–Crippen LogP) is 7.05. The summed E-state index contributed by atoms with van der Waals surface area (Å²) in [4.78, 5) is 15.3. The topological polar surface area (TPSA) is 41.9 Å². The molecule has 31 heavy (non-hydrogen) atoms. The Morgan fingerprint density at radius 1 is 1.26 bits per heavy atom. The van der Waals surface area contributed by atoms with Crippen molar-refractivity contribution >= 4 is 34.5 Å². The average Bonchev–Trinajstić information content (AvgIpc) is 3.19. The summed E-state index contributed by atoms with van der Waals surface area (Å²) in [5, 5.41) is 0.986. The molecule has 1 unspecified atom stereocenters. The molecule has 0 aromatic carbocycles. The number of anilines is 1. The molecule has 3 aromatic rings. The van der Waals surface area contributed by atoms with Crippen LogP contribution in [0.4, 0.5) is 5.69 Å². The summed E-state index contributed by atoms with van der Waals surface area (Å²) in [7, 11) is 0. The summed E-state index contributed by atoms with van der Waals surface area (Å²) in [5.41, 5.74) is 6.73. The monoisotopic (exact) mass is 448 g/mol. The van der Waals surface area contributed by atoms with Crippen LogP contribution < -0.4 is 4.31 Å². The van der Waals surface area contributed by atoms with E-state index in [1.165, 1.54) is 11.3 Å². The Morgan fingerprint density at radius 3 is 2.87 bits per heavy atom. The molecule has 160 valence electrons. The van der Waals surface area contributed by atoms with E-state index in [0.29, 0.717) is 5.92 Å². The van der Waals surface area contributed by atoms with Gasteiger partial charge in [-0.3, -0.25) is 4.98 Å². The molecule has 0 saturated heterocycles. The van der Waals surface area contributed by atoms with Crippen LogP contribution in [0.1, 0.15) is 37.6 Å². The van der Waals surface area contributed by atoms with Gasteiger partial charge in [-0.1, -0.05) is 31.0 Å². The number of nitrogens with zero attached hydrogens (tertiary/aromatic N) is 4. The van der Waals surface area contributed by atoms with Crippen molar-refractivity contribution in [1.29, 1.82) is 0 Å². The first-order valence-corrected chi connectivity index (χ1v) is 12.6. The number of pyridine rings is 2. The van der Waals surface area contributed by atoms with Crippen molar-refractivity contribution in [2.45, 2.75) is 33.1 Å². The van der Waals surface area contributed by atoms with Gasteiger partial charge in [-0.25, -0.2) is 9.97 Å². The lowest BCUT2D eigenvalue weighted by molar-refractivity contribution is 0.603. The lowest BCUT2D eigenvalue weighted by atomic mass is 9.96. The summed E-state index contributed by atoms with van der Waals surface area (Å²) >= 11 is 3.45. The molecule has 6 heteroatoms. The van der Waals surface area contributed by atoms with E-state index in [9.17, 15) is 0 Å². The van der Waals surface area contributed by atoms with Crippen molar-refractivity contribution in [2.24, 2.45) is 5.92 Å². The molecule has 4 nitrogen and oxygen atoms in total. The van der Waals surface area contributed by atoms with Crippen LogP contribution in [0, 0.1) is 12.8 Å². The largest absolute Gasteiger partial charge is 0.314 e. The van der Waals surface area contributed by atoms with E-state index in [-0.39, 0.29) is 0 Å². The van der Waals surface area contributed by atoms with Gasteiger partial charge in [-0.2, -0.15) is 0 Å². The second-order valence-electron chi connectivity index (χ2n) is 7.87. The smallest absolute Gasteiger partial charge is 0.125 e. The molecule has 0 spiro atoms. The SMILES string of the molecule is C=CCC(C)C/C=C1/CCN(SC)c2ccc(-c3sc(-c4cccnc4)nc3C)nc21. The van der Waals surface area contributed by atoms with Crippen LogP contribution in [0.25, 0.3) is 26.7 Å². The predicted molar refractivity (Wildman–Crippen MR) is 135 cm³/mol. The summed E-state index contributed by atoms with van der Waals surface area (Å²) < 4.78 is 2.34. The number of aryl methyl sites for hydroxylation is 1. The van der Waals surface area contributed by atoms with Gasteiger partial charge in [0.1, 0.15) is 5.01 Å². The lowest BCUT2D eigenvalue weighted by Crippen LogP contribution is -2.22. The Kier molecular flexibility index (Phi) is 6.88. The molecule has 0 saturated carbocycles. The fraction of sp³-hybridized carbons (Fsp3) is 0.320. The number of fused-ring (bicyclic) bond motifs is 1. The Morgan fingerprint density at radius 2 is 2.13 bits per heavy atom. The molecule has 1 aliphatic rings. The normalized spacial score (nSPS) is 15.7. The van der Waals surface area contributed by atoms with E-state index < -0.39 is 0 Å². The van der Waals surface area contributed by atoms with Gasteiger partial charge in [0.05, 0.1) is 27.6 Å². The molecule has 0 aliphatic carbocycles. The Bertz CT molecular complexity index is 1090. The van der Waals surface area contributed by atoms with E-state index in [0.717, 1.165) is 58.3 Å². The summed E-state index contributed by atoms with van der Waals surface area (Å²) in [6.45, 7) is 9.24. The maximum absolute atomic E-state index is 5.17. The molecule has 1 atom stereocenters. The van der Waals surface area contributed by atoms with Crippen molar-refractivity contribution in [3.05, 3.63) is 66.8 Å². The van der Waals surface area contributed by atoms with Crippen molar-refractivity contribution in [3.63, 3.8) is 0 Å². The number of rotatable bonds is 7. The van der Waals surface area contributed by atoms with Crippen LogP contribution in [-0.4, -0.2) is 27.8 Å². The van der Waals surface area contributed by atoms with Crippen molar-refractivity contribution in [2.75, 3.05) is 17.1 Å². The fourth-order valence-corrected chi connectivity index (χ4v) is 5.48. The van der Waals surface area contributed by atoms with E-state index >= 15 is 0 Å². The number of allylic oxidation sites excluding steroid dienone is 2. The van der Waals surface area contributed by atoms with Gasteiger partial charge in [0.25, 0.3) is 0 Å². The minimum atomic E-state index is 0.598. The zero-order valence-corrected chi connectivity index (χ0v) is 20.0. The minimum absolute atomic E-state index is 0.598. The molecular weight excluding hydrogens is 420 g/mol. The molecule has 0 radical (unpaired) electrons. The number of thiazole rings is 1. The van der Waals surface area contributed by atoms with E-state index in [1.807, 2.05) is 18.3 Å². The van der Waals surface area contributed by atoms with Gasteiger partial charge in [-0.05, 0) is 61.9 Å². The maximum Gasteiger partial charge on any atom is 0.125 e. The molecule has 1 aliphatic heterocycles. The molecule has 0 fully saturated rings. The Balaban J connectivity index is 1.72. The van der Waals surface area contributed by atoms with Crippen LogP contribution in [0.3, 0.4) is 0 Å². The molecule has 4 rings (SSSR count). The summed E-state index contributed by atoms with van der Waals surface area (Å²) in [5.74, 6) is 0.598. The standard InChI is InChI=1S/C25H28N4S2/c1-5-7-17(2)9-10-19-13-15-29(30-4)22-12-11-21(28-23(19)22)24-18(3)27-25(31-24)20-8-6-14-26-16-20/h5-6,8,10-12,14,16-17H,1,7,9,13,15H2,2-4H3/b19-10-. The third kappa shape index (κ3) is 4.75. The molecule has 3 aromatic heterocycles. The van der Waals surface area contributed by atoms with Gasteiger partial charge < -0.3 is 4.31 Å². The fourth-order valence-electron chi connectivity index (χ4n) is 3.84. The molecule has 0 amide bonds. The second kappa shape index (κ2) is 9.79. The van der Waals surface area contributed by atoms with Crippen LogP contribution in [-0.2, 0) is 0 Å². The highest BCUT2D eigenvalue weighted by molar-refractivity contribution is 8.00. The van der Waals surface area contributed by atoms with Crippen LogP contribution in [0.5, 0.6) is 0 Å². The first-order valence-electron chi connectivity index (χ1n) is 10.6. The van der Waals surface area contributed by atoms with Gasteiger partial charge in [0, 0.05) is 30.8 Å². The molecule has 0 N–H and O–H groups in total. The van der Waals surface area contributed by atoms with Crippen LogP contribution in [0.15, 0.2) is 55.4 Å². The maximum atomic E-state index is 5.17. The summed E-state index contributed by atoms with van der Waals surface area (Å²) in [6.07, 6.45) is 13.3. The summed E-state index contributed by atoms with van der Waals surface area (Å²) in [6, 6.07) is 8.36. The third-order valence-electron chi connectivity index (χ3n) is 5.52. The highest BCUT2D eigenvalue weighted by atomic mass is 32.2. The number of hydrogen-bond donors (Lipinski definition) is 0. The lowest BCUT2D eigenvalue weighted by Gasteiger charge is -2.30. The van der Waals surface area contributed by atoms with Crippen LogP contribution >= 0.6 is 23.3 Å². The number of hydrogen-bond acceptors (Lipinski definition) is 6. The molecular formula is C25H28N4S2. The molecule has 4 heterocycles. The minimum Gasteiger partial charge on any atom is -0.314 e. The van der Waals surface area contributed by atoms with E-state index in [4.69, 9.17) is 9.97 Å². The Labute approximate surface area is 193 Å². The zero-order valence-electron chi connectivity index (χ0n) is 18.3. The highest BCUT2D eigenvalue weighted by Gasteiger charge is 2.23.